The molecular weight excluding hydrogens is 416 g/mol. The Kier molecular flexibility index (Phi) is 8.39. The van der Waals surface area contributed by atoms with Gasteiger partial charge in [-0.1, -0.05) is 86.1 Å². The molecule has 0 amide bonds. The van der Waals surface area contributed by atoms with Crippen molar-refractivity contribution in [1.82, 2.24) is 0 Å². The van der Waals surface area contributed by atoms with E-state index in [1.807, 2.05) is 45.0 Å². The molecular formula is C29H34ClO2. The number of para-hydroxylation sites is 1. The monoisotopic (exact) mass is 449 g/mol. The molecule has 1 radical (unpaired) electrons. The molecule has 0 saturated heterocycles. The number of rotatable bonds is 9. The molecule has 0 N–H and O–H groups in total. The van der Waals surface area contributed by atoms with Crippen molar-refractivity contribution >= 4 is 11.6 Å². The van der Waals surface area contributed by atoms with Gasteiger partial charge in [0.25, 0.3) is 0 Å². The van der Waals surface area contributed by atoms with E-state index < -0.39 is 0 Å². The summed E-state index contributed by atoms with van der Waals surface area (Å²) in [6.45, 7) is 10.4. The zero-order chi connectivity index (χ0) is 23.1. The second-order valence-corrected chi connectivity index (χ2v) is 9.75. The van der Waals surface area contributed by atoms with Crippen LogP contribution in [0, 0.1) is 5.92 Å². The predicted molar refractivity (Wildman–Crippen MR) is 134 cm³/mol. The van der Waals surface area contributed by atoms with Gasteiger partial charge in [-0.3, -0.25) is 0 Å². The lowest BCUT2D eigenvalue weighted by molar-refractivity contribution is -0.275. The van der Waals surface area contributed by atoms with Gasteiger partial charge >= 0.3 is 0 Å². The lowest BCUT2D eigenvalue weighted by atomic mass is 9.81. The maximum absolute atomic E-state index is 6.73. The summed E-state index contributed by atoms with van der Waals surface area (Å²) in [5.74, 6) is 2.45. The smallest absolute Gasteiger partial charge is 0.168 e. The summed E-state index contributed by atoms with van der Waals surface area (Å²) >= 11 is 6.73. The van der Waals surface area contributed by atoms with Crippen molar-refractivity contribution in [3.63, 3.8) is 0 Å². The average molecular weight is 450 g/mol. The normalized spacial score (nSPS) is 12.7. The molecule has 3 aromatic carbocycles. The third kappa shape index (κ3) is 6.60. The second kappa shape index (κ2) is 11.0. The lowest BCUT2D eigenvalue weighted by Gasteiger charge is -2.25. The van der Waals surface area contributed by atoms with E-state index in [2.05, 4.69) is 62.4 Å². The van der Waals surface area contributed by atoms with Crippen LogP contribution in [-0.4, -0.2) is 5.60 Å². The molecule has 3 aromatic rings. The van der Waals surface area contributed by atoms with Crippen molar-refractivity contribution in [3.8, 4) is 5.75 Å². The van der Waals surface area contributed by atoms with Crippen molar-refractivity contribution in [2.24, 2.45) is 0 Å². The quantitative estimate of drug-likeness (QED) is 0.241. The molecule has 32 heavy (non-hydrogen) atoms. The Morgan fingerprint density at radius 3 is 2.25 bits per heavy atom. The van der Waals surface area contributed by atoms with Gasteiger partial charge in [0.15, 0.2) is 5.75 Å². The third-order valence-corrected chi connectivity index (χ3v) is 5.89. The van der Waals surface area contributed by atoms with Gasteiger partial charge in [0.2, 0.25) is 0 Å². The minimum atomic E-state index is -0.389. The first-order valence-corrected chi connectivity index (χ1v) is 11.8. The van der Waals surface area contributed by atoms with E-state index in [4.69, 9.17) is 21.4 Å². The van der Waals surface area contributed by atoms with Gasteiger partial charge in [0.1, 0.15) is 5.60 Å². The predicted octanol–water partition coefficient (Wildman–Crippen LogP) is 8.37. The van der Waals surface area contributed by atoms with Gasteiger partial charge in [-0.05, 0) is 80.3 Å². The van der Waals surface area contributed by atoms with E-state index in [0.29, 0.717) is 5.92 Å². The van der Waals surface area contributed by atoms with Crippen LogP contribution >= 0.6 is 11.6 Å². The van der Waals surface area contributed by atoms with Crippen LogP contribution in [0.2, 0.25) is 5.02 Å². The van der Waals surface area contributed by atoms with Gasteiger partial charge in [0, 0.05) is 10.9 Å². The van der Waals surface area contributed by atoms with E-state index in [9.17, 15) is 0 Å². The summed E-state index contributed by atoms with van der Waals surface area (Å²) in [7, 11) is 0. The highest BCUT2D eigenvalue weighted by Crippen LogP contribution is 2.37. The van der Waals surface area contributed by atoms with Gasteiger partial charge < -0.3 is 4.89 Å². The Labute approximate surface area is 198 Å². The standard InChI is InChI=1S/C29H34ClO2/c1-6-21(2)28-25(16-12-17-26(28)30)24(19-22-13-8-7-9-14-22)20-23-15-10-11-18-27(23)31-32-29(3,4)5/h7-18,21H,6,19-20H2,1-5H3. The van der Waals surface area contributed by atoms with Crippen molar-refractivity contribution in [3.05, 3.63) is 106 Å². The summed E-state index contributed by atoms with van der Waals surface area (Å²) in [6, 6.07) is 25.0. The largest absolute Gasteiger partial charge is 0.337 e. The Hall–Kier alpha value is -2.29. The van der Waals surface area contributed by atoms with E-state index in [1.165, 1.54) is 22.6 Å². The fraction of sp³-hybridized carbons (Fsp3) is 0.345. The van der Waals surface area contributed by atoms with Crippen molar-refractivity contribution in [1.29, 1.82) is 0 Å². The Bertz CT molecular complexity index is 992. The van der Waals surface area contributed by atoms with Crippen molar-refractivity contribution in [2.45, 2.75) is 65.4 Å². The SMILES string of the molecule is CCC(C)c1c(Cl)cccc1[C](Cc1ccccc1)Cc1ccccc1OOC(C)(C)C. The highest BCUT2D eigenvalue weighted by molar-refractivity contribution is 6.31. The fourth-order valence-corrected chi connectivity index (χ4v) is 4.14. The Morgan fingerprint density at radius 1 is 0.875 bits per heavy atom. The van der Waals surface area contributed by atoms with Crippen LogP contribution in [0.5, 0.6) is 5.75 Å². The topological polar surface area (TPSA) is 18.5 Å². The maximum atomic E-state index is 6.73. The average Bonchev–Trinajstić information content (AvgIpc) is 2.77. The summed E-state index contributed by atoms with van der Waals surface area (Å²) in [6.07, 6.45) is 2.63. The highest BCUT2D eigenvalue weighted by atomic mass is 35.5. The Morgan fingerprint density at radius 2 is 1.56 bits per heavy atom. The number of halogens is 1. The molecule has 1 unspecified atom stereocenters. The first-order chi connectivity index (χ1) is 15.3. The van der Waals surface area contributed by atoms with E-state index >= 15 is 0 Å². The number of benzene rings is 3. The first kappa shape index (κ1) is 24.4. The van der Waals surface area contributed by atoms with Crippen LogP contribution in [-0.2, 0) is 17.7 Å². The minimum absolute atomic E-state index is 0.375. The molecule has 0 saturated carbocycles. The molecule has 0 heterocycles. The molecule has 169 valence electrons. The molecule has 0 aromatic heterocycles. The van der Waals surface area contributed by atoms with Crippen molar-refractivity contribution in [2.75, 3.05) is 0 Å². The van der Waals surface area contributed by atoms with Crippen LogP contribution < -0.4 is 4.89 Å². The van der Waals surface area contributed by atoms with E-state index in [0.717, 1.165) is 35.6 Å². The molecule has 0 fully saturated rings. The molecule has 3 rings (SSSR count). The lowest BCUT2D eigenvalue weighted by Crippen LogP contribution is -2.22. The second-order valence-electron chi connectivity index (χ2n) is 9.34. The van der Waals surface area contributed by atoms with Crippen LogP contribution in [0.4, 0.5) is 0 Å². The summed E-state index contributed by atoms with van der Waals surface area (Å²) in [5, 5.41) is 0.836. The highest BCUT2D eigenvalue weighted by Gasteiger charge is 2.23. The summed E-state index contributed by atoms with van der Waals surface area (Å²) in [4.78, 5) is 11.4. The minimum Gasteiger partial charge on any atom is -0.337 e. The fourth-order valence-electron chi connectivity index (χ4n) is 3.78. The van der Waals surface area contributed by atoms with Gasteiger partial charge in [0.05, 0.1) is 0 Å². The molecule has 0 aliphatic carbocycles. The summed E-state index contributed by atoms with van der Waals surface area (Å²) < 4.78 is 0. The first-order valence-electron chi connectivity index (χ1n) is 11.4. The van der Waals surface area contributed by atoms with Gasteiger partial charge in [-0.15, -0.1) is 0 Å². The molecule has 3 heteroatoms. The van der Waals surface area contributed by atoms with Crippen molar-refractivity contribution < 1.29 is 9.78 Å². The zero-order valence-electron chi connectivity index (χ0n) is 19.8. The third-order valence-electron chi connectivity index (χ3n) is 5.56. The molecule has 0 aliphatic rings. The molecule has 0 spiro atoms. The van der Waals surface area contributed by atoms with Crippen LogP contribution in [0.3, 0.4) is 0 Å². The number of hydrogen-bond donors (Lipinski definition) is 0. The molecule has 0 bridgehead atoms. The summed E-state index contributed by atoms with van der Waals surface area (Å²) in [5.41, 5.74) is 4.45. The van der Waals surface area contributed by atoms with E-state index in [1.54, 1.807) is 0 Å². The maximum Gasteiger partial charge on any atom is 0.168 e. The Balaban J connectivity index is 2.01. The molecule has 1 atom stereocenters. The van der Waals surface area contributed by atoms with Crippen LogP contribution in [0.1, 0.15) is 69.2 Å². The zero-order valence-corrected chi connectivity index (χ0v) is 20.6. The number of hydrogen-bond acceptors (Lipinski definition) is 2. The van der Waals surface area contributed by atoms with Gasteiger partial charge in [-0.2, -0.15) is 4.89 Å². The van der Waals surface area contributed by atoms with Crippen LogP contribution in [0.25, 0.3) is 0 Å². The molecule has 0 aliphatic heterocycles. The molecule has 2 nitrogen and oxygen atoms in total. The van der Waals surface area contributed by atoms with Crippen LogP contribution in [0.15, 0.2) is 72.8 Å². The van der Waals surface area contributed by atoms with Gasteiger partial charge in [-0.25, -0.2) is 0 Å². The van der Waals surface area contributed by atoms with E-state index in [-0.39, 0.29) is 5.60 Å².